The number of nitrogens with one attached hydrogen (secondary N) is 1. The maximum Gasteiger partial charge on any atom is 0.229 e. The number of carbonyl (C=O) groups is 1. The fourth-order valence-electron chi connectivity index (χ4n) is 4.55. The zero-order chi connectivity index (χ0) is 21.0. The third-order valence-electron chi connectivity index (χ3n) is 6.31. The lowest BCUT2D eigenvalue weighted by molar-refractivity contribution is -0.121. The fourth-order valence-corrected chi connectivity index (χ4v) is 4.55. The summed E-state index contributed by atoms with van der Waals surface area (Å²) >= 11 is 0. The Bertz CT molecular complexity index is 1050. The number of nitrogens with zero attached hydrogens (tertiary/aromatic N) is 5. The second kappa shape index (κ2) is 9.03. The van der Waals surface area contributed by atoms with Gasteiger partial charge in [0.15, 0.2) is 0 Å². The zero-order valence-electron chi connectivity index (χ0n) is 17.4. The van der Waals surface area contributed by atoms with Crippen molar-refractivity contribution in [1.29, 1.82) is 0 Å². The van der Waals surface area contributed by atoms with Crippen molar-refractivity contribution >= 4 is 22.8 Å². The monoisotopic (exact) mass is 418 g/mol. The minimum atomic E-state index is 0.0162. The predicted octanol–water partition coefficient (Wildman–Crippen LogP) is 2.92. The summed E-state index contributed by atoms with van der Waals surface area (Å²) in [4.78, 5) is 32.7. The SMILES string of the molecule is O=C(Nc1ncc2ccc(-c3cnccn3)cc2n1)C1CCC(N2CCOCC2)CC1. The summed E-state index contributed by atoms with van der Waals surface area (Å²) in [6.07, 6.45) is 10.7. The molecule has 0 bridgehead atoms. The molecule has 2 aromatic heterocycles. The minimum Gasteiger partial charge on any atom is -0.379 e. The lowest BCUT2D eigenvalue weighted by Crippen LogP contribution is -2.45. The average molecular weight is 419 g/mol. The average Bonchev–Trinajstić information content (AvgIpc) is 2.85. The molecule has 0 spiro atoms. The molecule has 1 aliphatic carbocycles. The van der Waals surface area contributed by atoms with Gasteiger partial charge in [-0.3, -0.25) is 25.0 Å². The highest BCUT2D eigenvalue weighted by molar-refractivity contribution is 5.92. The molecule has 160 valence electrons. The van der Waals surface area contributed by atoms with Gasteiger partial charge in [-0.2, -0.15) is 0 Å². The van der Waals surface area contributed by atoms with E-state index in [0.29, 0.717) is 12.0 Å². The fraction of sp³-hybridized carbons (Fsp3) is 0.435. The summed E-state index contributed by atoms with van der Waals surface area (Å²) in [5.41, 5.74) is 2.48. The molecule has 1 saturated heterocycles. The van der Waals surface area contributed by atoms with E-state index in [4.69, 9.17) is 4.74 Å². The number of morpholine rings is 1. The van der Waals surface area contributed by atoms with Gasteiger partial charge in [0.1, 0.15) is 0 Å². The quantitative estimate of drug-likeness (QED) is 0.696. The highest BCUT2D eigenvalue weighted by Gasteiger charge is 2.30. The van der Waals surface area contributed by atoms with E-state index >= 15 is 0 Å². The number of carbonyl (C=O) groups excluding carboxylic acids is 1. The van der Waals surface area contributed by atoms with Gasteiger partial charge in [0, 0.05) is 54.6 Å². The normalized spacial score (nSPS) is 22.3. The molecule has 1 N–H and O–H groups in total. The van der Waals surface area contributed by atoms with Crippen LogP contribution in [0.2, 0.25) is 0 Å². The zero-order valence-corrected chi connectivity index (χ0v) is 17.4. The number of hydrogen-bond donors (Lipinski definition) is 1. The summed E-state index contributed by atoms with van der Waals surface area (Å²) in [5.74, 6) is 0.386. The van der Waals surface area contributed by atoms with Crippen molar-refractivity contribution in [2.45, 2.75) is 31.7 Å². The lowest BCUT2D eigenvalue weighted by atomic mass is 9.84. The Morgan fingerprint density at radius 2 is 1.87 bits per heavy atom. The number of aromatic nitrogens is 4. The Labute approximate surface area is 181 Å². The first-order valence-electron chi connectivity index (χ1n) is 10.9. The van der Waals surface area contributed by atoms with Crippen LogP contribution in [0.3, 0.4) is 0 Å². The van der Waals surface area contributed by atoms with Gasteiger partial charge in [-0.1, -0.05) is 12.1 Å². The molecule has 0 atom stereocenters. The van der Waals surface area contributed by atoms with Gasteiger partial charge in [0.05, 0.1) is 30.6 Å². The molecule has 0 radical (unpaired) electrons. The van der Waals surface area contributed by atoms with Crippen molar-refractivity contribution in [2.75, 3.05) is 31.6 Å². The van der Waals surface area contributed by atoms with Crippen LogP contribution < -0.4 is 5.32 Å². The largest absolute Gasteiger partial charge is 0.379 e. The summed E-state index contributed by atoms with van der Waals surface area (Å²) in [6, 6.07) is 6.45. The standard InChI is InChI=1S/C23H26N6O2/c30-22(16-3-5-19(6-4-16)29-9-11-31-12-10-29)28-23-26-14-18-2-1-17(13-20(18)27-23)21-15-24-7-8-25-21/h1-2,7-8,13-16,19H,3-6,9-12H2,(H,26,27,28,30). The van der Waals surface area contributed by atoms with Gasteiger partial charge in [-0.15, -0.1) is 0 Å². The van der Waals surface area contributed by atoms with Crippen molar-refractivity contribution < 1.29 is 9.53 Å². The molecule has 1 aliphatic heterocycles. The second-order valence-corrected chi connectivity index (χ2v) is 8.20. The molecule has 2 fully saturated rings. The van der Waals surface area contributed by atoms with E-state index in [9.17, 15) is 4.79 Å². The number of fused-ring (bicyclic) bond motifs is 1. The molecule has 1 saturated carbocycles. The topological polar surface area (TPSA) is 93.1 Å². The number of anilines is 1. The third-order valence-corrected chi connectivity index (χ3v) is 6.31. The van der Waals surface area contributed by atoms with E-state index in [1.807, 2.05) is 18.2 Å². The predicted molar refractivity (Wildman–Crippen MR) is 117 cm³/mol. The Balaban J connectivity index is 1.24. The number of ether oxygens (including phenoxy) is 1. The molecule has 3 aromatic rings. The van der Waals surface area contributed by atoms with E-state index in [1.165, 1.54) is 0 Å². The molecule has 31 heavy (non-hydrogen) atoms. The molecule has 0 unspecified atom stereocenters. The van der Waals surface area contributed by atoms with Gasteiger partial charge in [0.25, 0.3) is 0 Å². The molecular formula is C23H26N6O2. The molecule has 1 amide bonds. The molecule has 2 aliphatic rings. The minimum absolute atomic E-state index is 0.0162. The van der Waals surface area contributed by atoms with Crippen LogP contribution in [-0.4, -0.2) is 63.1 Å². The maximum absolute atomic E-state index is 12.8. The maximum atomic E-state index is 12.8. The third kappa shape index (κ3) is 4.55. The van der Waals surface area contributed by atoms with E-state index in [2.05, 4.69) is 30.2 Å². The molecule has 8 nitrogen and oxygen atoms in total. The van der Waals surface area contributed by atoms with Crippen molar-refractivity contribution in [3.05, 3.63) is 43.0 Å². The van der Waals surface area contributed by atoms with Crippen molar-refractivity contribution in [3.63, 3.8) is 0 Å². The summed E-state index contributed by atoms with van der Waals surface area (Å²) in [5, 5.41) is 3.85. The van der Waals surface area contributed by atoms with Crippen LogP contribution in [0, 0.1) is 5.92 Å². The van der Waals surface area contributed by atoms with Crippen LogP contribution in [0.4, 0.5) is 5.95 Å². The van der Waals surface area contributed by atoms with Crippen LogP contribution in [0.25, 0.3) is 22.2 Å². The summed E-state index contributed by atoms with van der Waals surface area (Å²) in [7, 11) is 0. The summed E-state index contributed by atoms with van der Waals surface area (Å²) < 4.78 is 5.45. The second-order valence-electron chi connectivity index (χ2n) is 8.20. The Hall–Kier alpha value is -2.97. The smallest absolute Gasteiger partial charge is 0.229 e. The lowest BCUT2D eigenvalue weighted by Gasteiger charge is -2.38. The van der Waals surface area contributed by atoms with Crippen molar-refractivity contribution in [3.8, 4) is 11.3 Å². The van der Waals surface area contributed by atoms with Crippen LogP contribution in [0.1, 0.15) is 25.7 Å². The summed E-state index contributed by atoms with van der Waals surface area (Å²) in [6.45, 7) is 3.64. The van der Waals surface area contributed by atoms with Crippen LogP contribution in [0.15, 0.2) is 43.0 Å². The van der Waals surface area contributed by atoms with Gasteiger partial charge in [0.2, 0.25) is 11.9 Å². The molecular weight excluding hydrogens is 392 g/mol. The number of hydrogen-bond acceptors (Lipinski definition) is 7. The number of rotatable bonds is 4. The van der Waals surface area contributed by atoms with Crippen molar-refractivity contribution in [1.82, 2.24) is 24.8 Å². The highest BCUT2D eigenvalue weighted by atomic mass is 16.5. The van der Waals surface area contributed by atoms with Crippen molar-refractivity contribution in [2.24, 2.45) is 5.92 Å². The van der Waals surface area contributed by atoms with Gasteiger partial charge < -0.3 is 4.74 Å². The first-order valence-corrected chi connectivity index (χ1v) is 10.9. The highest BCUT2D eigenvalue weighted by Crippen LogP contribution is 2.29. The Morgan fingerprint density at radius 1 is 1.03 bits per heavy atom. The van der Waals surface area contributed by atoms with E-state index < -0.39 is 0 Å². The van der Waals surface area contributed by atoms with Gasteiger partial charge in [-0.05, 0) is 31.7 Å². The molecule has 5 rings (SSSR count). The first kappa shape index (κ1) is 20.0. The number of amides is 1. The van der Waals surface area contributed by atoms with Gasteiger partial charge >= 0.3 is 0 Å². The number of benzene rings is 1. The van der Waals surface area contributed by atoms with E-state index in [0.717, 1.165) is 74.1 Å². The van der Waals surface area contributed by atoms with E-state index in [-0.39, 0.29) is 11.8 Å². The Kier molecular flexibility index (Phi) is 5.82. The molecule has 1 aromatic carbocycles. The van der Waals surface area contributed by atoms with Crippen LogP contribution in [-0.2, 0) is 9.53 Å². The van der Waals surface area contributed by atoms with Gasteiger partial charge in [-0.25, -0.2) is 9.97 Å². The van der Waals surface area contributed by atoms with E-state index in [1.54, 1.807) is 24.8 Å². The Morgan fingerprint density at radius 3 is 2.65 bits per heavy atom. The molecule has 8 heteroatoms. The molecule has 3 heterocycles. The van der Waals surface area contributed by atoms with Crippen LogP contribution in [0.5, 0.6) is 0 Å². The van der Waals surface area contributed by atoms with Crippen LogP contribution >= 0.6 is 0 Å². The first-order chi connectivity index (χ1) is 15.3.